The van der Waals surface area contributed by atoms with Crippen LogP contribution in [0.15, 0.2) is 79.1 Å². The molecule has 5 heteroatoms. The highest BCUT2D eigenvalue weighted by Crippen LogP contribution is 2.23. The van der Waals surface area contributed by atoms with Crippen molar-refractivity contribution in [2.75, 3.05) is 6.54 Å². The second-order valence-corrected chi connectivity index (χ2v) is 7.08. The maximum atomic E-state index is 12.8. The van der Waals surface area contributed by atoms with Crippen LogP contribution < -0.4 is 5.32 Å². The number of hydrogen-bond acceptors (Lipinski definition) is 2. The lowest BCUT2D eigenvalue weighted by atomic mass is 10.1. The maximum Gasteiger partial charge on any atom is 0.253 e. The number of pyridine rings is 1. The van der Waals surface area contributed by atoms with E-state index >= 15 is 0 Å². The van der Waals surface area contributed by atoms with Gasteiger partial charge in [-0.1, -0.05) is 48.0 Å². The van der Waals surface area contributed by atoms with E-state index in [-0.39, 0.29) is 5.91 Å². The molecule has 0 saturated carbocycles. The van der Waals surface area contributed by atoms with Gasteiger partial charge < -0.3 is 9.88 Å². The molecule has 0 bridgehead atoms. The molecule has 0 aliphatic carbocycles. The Kier molecular flexibility index (Phi) is 5.40. The summed E-state index contributed by atoms with van der Waals surface area (Å²) in [6.45, 7) is 1.23. The molecule has 0 spiro atoms. The quantitative estimate of drug-likeness (QED) is 0.519. The van der Waals surface area contributed by atoms with E-state index in [1.165, 1.54) is 0 Å². The molecular formula is C23H20ClN3O. The summed E-state index contributed by atoms with van der Waals surface area (Å²) in [5.74, 6) is -0.0676. The first-order chi connectivity index (χ1) is 13.7. The summed E-state index contributed by atoms with van der Waals surface area (Å²) in [5.41, 5.74) is 3.82. The van der Waals surface area contributed by atoms with Crippen molar-refractivity contribution < 1.29 is 4.79 Å². The molecule has 4 nitrogen and oxygen atoms in total. The molecule has 0 aliphatic rings. The number of rotatable bonds is 6. The number of fused-ring (bicyclic) bond motifs is 1. The van der Waals surface area contributed by atoms with Crippen molar-refractivity contribution in [1.29, 1.82) is 0 Å². The summed E-state index contributed by atoms with van der Waals surface area (Å²) < 4.78 is 2.10. The number of para-hydroxylation sites is 1. The van der Waals surface area contributed by atoms with Crippen molar-refractivity contribution in [3.05, 3.63) is 101 Å². The first-order valence-corrected chi connectivity index (χ1v) is 9.59. The Bertz CT molecular complexity index is 1090. The minimum absolute atomic E-state index is 0.0676. The van der Waals surface area contributed by atoms with Gasteiger partial charge in [0.2, 0.25) is 0 Å². The van der Waals surface area contributed by atoms with Gasteiger partial charge in [0.25, 0.3) is 5.91 Å². The van der Waals surface area contributed by atoms with Crippen molar-refractivity contribution in [1.82, 2.24) is 14.9 Å². The van der Waals surface area contributed by atoms with Gasteiger partial charge in [0.1, 0.15) is 0 Å². The molecule has 0 unspecified atom stereocenters. The third kappa shape index (κ3) is 4.07. The Morgan fingerprint density at radius 3 is 2.57 bits per heavy atom. The fraction of sp³-hybridized carbons (Fsp3) is 0.130. The molecule has 0 radical (unpaired) electrons. The van der Waals surface area contributed by atoms with Crippen molar-refractivity contribution >= 4 is 28.4 Å². The number of nitrogens with one attached hydrogen (secondary N) is 1. The number of nitrogens with zero attached hydrogens (tertiary/aromatic N) is 2. The normalized spacial score (nSPS) is 10.9. The van der Waals surface area contributed by atoms with E-state index < -0.39 is 0 Å². The third-order valence-corrected chi connectivity index (χ3v) is 4.94. The third-order valence-electron chi connectivity index (χ3n) is 4.69. The number of benzene rings is 2. The summed E-state index contributed by atoms with van der Waals surface area (Å²) in [6, 6.07) is 21.5. The monoisotopic (exact) mass is 389 g/mol. The zero-order chi connectivity index (χ0) is 19.3. The molecule has 4 rings (SSSR count). The van der Waals surface area contributed by atoms with E-state index in [1.807, 2.05) is 72.9 Å². The SMILES string of the molecule is O=C(NCCc1ccccn1)c1cn(Cc2ccc(Cl)cc2)c2ccccc12. The lowest BCUT2D eigenvalue weighted by Gasteiger charge is -2.05. The fourth-order valence-corrected chi connectivity index (χ4v) is 3.42. The number of amides is 1. The molecule has 1 amide bonds. The lowest BCUT2D eigenvalue weighted by Crippen LogP contribution is -2.25. The first-order valence-electron chi connectivity index (χ1n) is 9.21. The molecule has 2 aromatic heterocycles. The predicted molar refractivity (Wildman–Crippen MR) is 113 cm³/mol. The number of aromatic nitrogens is 2. The zero-order valence-corrected chi connectivity index (χ0v) is 16.1. The summed E-state index contributed by atoms with van der Waals surface area (Å²) in [4.78, 5) is 17.1. The minimum Gasteiger partial charge on any atom is -0.352 e. The Labute approximate surface area is 168 Å². The van der Waals surface area contributed by atoms with Gasteiger partial charge >= 0.3 is 0 Å². The minimum atomic E-state index is -0.0676. The highest BCUT2D eigenvalue weighted by atomic mass is 35.5. The van der Waals surface area contributed by atoms with E-state index in [2.05, 4.69) is 14.9 Å². The van der Waals surface area contributed by atoms with Crippen LogP contribution in [0.1, 0.15) is 21.6 Å². The topological polar surface area (TPSA) is 46.9 Å². The molecular weight excluding hydrogens is 370 g/mol. The van der Waals surface area contributed by atoms with Crippen LogP contribution >= 0.6 is 11.6 Å². The second-order valence-electron chi connectivity index (χ2n) is 6.64. The van der Waals surface area contributed by atoms with Crippen LogP contribution in [0.2, 0.25) is 5.02 Å². The molecule has 0 saturated heterocycles. The standard InChI is InChI=1S/C23H20ClN3O/c24-18-10-8-17(9-11-18)15-27-16-21(20-6-1-2-7-22(20)27)23(28)26-14-12-19-5-3-4-13-25-19/h1-11,13,16H,12,14-15H2,(H,26,28). The number of carbonyl (C=O) groups is 1. The average Bonchev–Trinajstić information content (AvgIpc) is 3.09. The van der Waals surface area contributed by atoms with Gasteiger partial charge in [-0.2, -0.15) is 0 Å². The molecule has 28 heavy (non-hydrogen) atoms. The van der Waals surface area contributed by atoms with Crippen molar-refractivity contribution in [3.8, 4) is 0 Å². The van der Waals surface area contributed by atoms with Crippen LogP contribution in [0.3, 0.4) is 0 Å². The van der Waals surface area contributed by atoms with Crippen LogP contribution in [-0.2, 0) is 13.0 Å². The number of carbonyl (C=O) groups excluding carboxylic acids is 1. The summed E-state index contributed by atoms with van der Waals surface area (Å²) in [5, 5.41) is 4.68. The fourth-order valence-electron chi connectivity index (χ4n) is 3.29. The molecule has 2 heterocycles. The van der Waals surface area contributed by atoms with Crippen molar-refractivity contribution in [2.24, 2.45) is 0 Å². The van der Waals surface area contributed by atoms with Crippen molar-refractivity contribution in [3.63, 3.8) is 0 Å². The van der Waals surface area contributed by atoms with Crippen molar-refractivity contribution in [2.45, 2.75) is 13.0 Å². The van der Waals surface area contributed by atoms with E-state index in [0.29, 0.717) is 30.1 Å². The summed E-state index contributed by atoms with van der Waals surface area (Å²) in [6.07, 6.45) is 4.40. The molecule has 4 aromatic rings. The number of halogens is 1. The summed E-state index contributed by atoms with van der Waals surface area (Å²) >= 11 is 5.98. The zero-order valence-electron chi connectivity index (χ0n) is 15.3. The highest BCUT2D eigenvalue weighted by Gasteiger charge is 2.14. The van der Waals surface area contributed by atoms with Gasteiger partial charge in [-0.3, -0.25) is 9.78 Å². The molecule has 1 N–H and O–H groups in total. The van der Waals surface area contributed by atoms with Gasteiger partial charge in [0.05, 0.1) is 5.56 Å². The van der Waals surface area contributed by atoms with Gasteiger partial charge in [-0.15, -0.1) is 0 Å². The van der Waals surface area contributed by atoms with E-state index in [1.54, 1.807) is 6.20 Å². The Morgan fingerprint density at radius 1 is 1.00 bits per heavy atom. The Morgan fingerprint density at radius 2 is 1.79 bits per heavy atom. The second kappa shape index (κ2) is 8.28. The molecule has 0 aliphatic heterocycles. The molecule has 2 aromatic carbocycles. The van der Waals surface area contributed by atoms with Gasteiger partial charge in [-0.25, -0.2) is 0 Å². The van der Waals surface area contributed by atoms with Crippen LogP contribution in [0.4, 0.5) is 0 Å². The first kappa shape index (κ1) is 18.3. The average molecular weight is 390 g/mol. The number of hydrogen-bond donors (Lipinski definition) is 1. The lowest BCUT2D eigenvalue weighted by molar-refractivity contribution is 0.0955. The van der Waals surface area contributed by atoms with Crippen LogP contribution in [0.5, 0.6) is 0 Å². The predicted octanol–water partition coefficient (Wildman–Crippen LogP) is 4.71. The van der Waals surface area contributed by atoms with Gasteiger partial charge in [-0.05, 0) is 35.9 Å². The van der Waals surface area contributed by atoms with Gasteiger partial charge in [0, 0.05) is 53.5 Å². The highest BCUT2D eigenvalue weighted by molar-refractivity contribution is 6.30. The van der Waals surface area contributed by atoms with E-state index in [9.17, 15) is 4.79 Å². The molecule has 140 valence electrons. The molecule has 0 atom stereocenters. The maximum absolute atomic E-state index is 12.8. The Hall–Kier alpha value is -3.11. The van der Waals surface area contributed by atoms with Crippen LogP contribution in [0.25, 0.3) is 10.9 Å². The largest absolute Gasteiger partial charge is 0.352 e. The van der Waals surface area contributed by atoms with Crippen LogP contribution in [0, 0.1) is 0 Å². The van der Waals surface area contributed by atoms with Gasteiger partial charge in [0.15, 0.2) is 0 Å². The van der Waals surface area contributed by atoms with Crippen LogP contribution in [-0.4, -0.2) is 22.0 Å². The molecule has 0 fully saturated rings. The smallest absolute Gasteiger partial charge is 0.253 e. The Balaban J connectivity index is 1.53. The van der Waals surface area contributed by atoms with E-state index in [0.717, 1.165) is 22.2 Å². The van der Waals surface area contributed by atoms with E-state index in [4.69, 9.17) is 11.6 Å². The summed E-state index contributed by atoms with van der Waals surface area (Å²) in [7, 11) is 0.